The van der Waals surface area contributed by atoms with Gasteiger partial charge in [0.05, 0.1) is 6.04 Å². The normalized spacial score (nSPS) is 22.8. The molecular weight excluding hydrogens is 218 g/mol. The zero-order chi connectivity index (χ0) is 13.0. The van der Waals surface area contributed by atoms with Crippen LogP contribution in [0.5, 0.6) is 0 Å². The number of likely N-dealkylation sites (tertiary alicyclic amines) is 1. The lowest BCUT2D eigenvalue weighted by molar-refractivity contribution is -0.143. The summed E-state index contributed by atoms with van der Waals surface area (Å²) < 4.78 is 0. The van der Waals surface area contributed by atoms with Crippen molar-refractivity contribution in [2.45, 2.75) is 51.7 Å². The number of piperidine rings is 1. The van der Waals surface area contributed by atoms with E-state index in [9.17, 15) is 9.59 Å². The highest BCUT2D eigenvalue weighted by molar-refractivity contribution is 5.90. The number of carbonyl (C=O) groups is 2. The maximum absolute atomic E-state index is 12.1. The Labute approximate surface area is 103 Å². The third-order valence-electron chi connectivity index (χ3n) is 3.10. The van der Waals surface area contributed by atoms with Gasteiger partial charge in [-0.15, -0.1) is 0 Å². The van der Waals surface area contributed by atoms with Gasteiger partial charge in [-0.3, -0.25) is 9.59 Å². The minimum atomic E-state index is -0.388. The smallest absolute Gasteiger partial charge is 0.242 e. The molecule has 2 amide bonds. The molecule has 5 nitrogen and oxygen atoms in total. The van der Waals surface area contributed by atoms with Gasteiger partial charge in [-0.05, 0) is 40.7 Å². The van der Waals surface area contributed by atoms with E-state index in [1.54, 1.807) is 18.9 Å². The lowest BCUT2D eigenvalue weighted by Gasteiger charge is -2.35. The topological polar surface area (TPSA) is 61.4 Å². The van der Waals surface area contributed by atoms with Crippen LogP contribution in [0, 0.1) is 0 Å². The maximum atomic E-state index is 12.1. The van der Waals surface area contributed by atoms with Crippen LogP contribution in [0.1, 0.15) is 33.6 Å². The van der Waals surface area contributed by atoms with Gasteiger partial charge in [-0.25, -0.2) is 0 Å². The minimum Gasteiger partial charge on any atom is -0.352 e. The van der Waals surface area contributed by atoms with Crippen LogP contribution in [0.15, 0.2) is 0 Å². The van der Waals surface area contributed by atoms with Crippen molar-refractivity contribution in [2.24, 2.45) is 0 Å². The Morgan fingerprint density at radius 1 is 1.41 bits per heavy atom. The van der Waals surface area contributed by atoms with Crippen molar-refractivity contribution in [3.8, 4) is 0 Å². The highest BCUT2D eigenvalue weighted by Gasteiger charge is 2.33. The summed E-state index contributed by atoms with van der Waals surface area (Å²) in [6.45, 7) is 6.29. The van der Waals surface area contributed by atoms with E-state index in [0.29, 0.717) is 6.54 Å². The van der Waals surface area contributed by atoms with Gasteiger partial charge < -0.3 is 15.5 Å². The van der Waals surface area contributed by atoms with E-state index in [1.807, 2.05) is 13.8 Å². The quantitative estimate of drug-likeness (QED) is 0.734. The van der Waals surface area contributed by atoms with E-state index < -0.39 is 0 Å². The summed E-state index contributed by atoms with van der Waals surface area (Å²) in [4.78, 5) is 25.6. The van der Waals surface area contributed by atoms with E-state index in [2.05, 4.69) is 10.6 Å². The molecule has 0 bridgehead atoms. The van der Waals surface area contributed by atoms with E-state index in [-0.39, 0.29) is 29.9 Å². The first-order valence-electron chi connectivity index (χ1n) is 6.25. The summed E-state index contributed by atoms with van der Waals surface area (Å²) in [6, 6.07) is -0.427. The van der Waals surface area contributed by atoms with Gasteiger partial charge in [0.2, 0.25) is 11.8 Å². The van der Waals surface area contributed by atoms with Crippen molar-refractivity contribution in [3.05, 3.63) is 0 Å². The maximum Gasteiger partial charge on any atom is 0.242 e. The number of hydrogen-bond acceptors (Lipinski definition) is 3. The SMILES string of the molecule is CNC1CCCN(C(C)C(=O)NC(C)C)C1=O. The summed E-state index contributed by atoms with van der Waals surface area (Å²) in [5.74, 6) is -0.0461. The first-order chi connectivity index (χ1) is 7.97. The zero-order valence-electron chi connectivity index (χ0n) is 11.1. The van der Waals surface area contributed by atoms with E-state index >= 15 is 0 Å². The number of hydrogen-bond donors (Lipinski definition) is 2. The Morgan fingerprint density at radius 2 is 2.06 bits per heavy atom. The van der Waals surface area contributed by atoms with Crippen LogP contribution in [-0.4, -0.2) is 48.4 Å². The lowest BCUT2D eigenvalue weighted by atomic mass is 10.0. The minimum absolute atomic E-state index is 0.0326. The molecule has 2 atom stereocenters. The molecule has 1 saturated heterocycles. The largest absolute Gasteiger partial charge is 0.352 e. The Kier molecular flexibility index (Phi) is 4.93. The van der Waals surface area contributed by atoms with Crippen LogP contribution in [0.4, 0.5) is 0 Å². The third-order valence-corrected chi connectivity index (χ3v) is 3.10. The summed E-state index contributed by atoms with van der Waals surface area (Å²) in [7, 11) is 1.78. The van der Waals surface area contributed by atoms with Crippen molar-refractivity contribution in [3.63, 3.8) is 0 Å². The standard InChI is InChI=1S/C12H23N3O2/c1-8(2)14-11(16)9(3)15-7-5-6-10(13-4)12(15)17/h8-10,13H,5-7H2,1-4H3,(H,14,16). The molecule has 1 aliphatic rings. The number of nitrogens with zero attached hydrogens (tertiary/aromatic N) is 1. The molecule has 0 radical (unpaired) electrons. The fraction of sp³-hybridized carbons (Fsp3) is 0.833. The number of carbonyl (C=O) groups excluding carboxylic acids is 2. The molecule has 0 aromatic heterocycles. The van der Waals surface area contributed by atoms with Crippen molar-refractivity contribution in [1.82, 2.24) is 15.5 Å². The van der Waals surface area contributed by atoms with Crippen molar-refractivity contribution in [2.75, 3.05) is 13.6 Å². The second-order valence-electron chi connectivity index (χ2n) is 4.85. The molecule has 17 heavy (non-hydrogen) atoms. The molecule has 0 aromatic carbocycles. The molecule has 1 heterocycles. The average molecular weight is 241 g/mol. The van der Waals surface area contributed by atoms with E-state index in [4.69, 9.17) is 0 Å². The number of likely N-dealkylation sites (N-methyl/N-ethyl adjacent to an activating group) is 1. The number of amides is 2. The summed E-state index contributed by atoms with van der Waals surface area (Å²) in [5, 5.41) is 5.84. The van der Waals surface area contributed by atoms with Gasteiger partial charge >= 0.3 is 0 Å². The van der Waals surface area contributed by atoms with Crippen molar-refractivity contribution < 1.29 is 9.59 Å². The van der Waals surface area contributed by atoms with Gasteiger partial charge in [0.25, 0.3) is 0 Å². The average Bonchev–Trinajstić information content (AvgIpc) is 2.27. The predicted octanol–water partition coefficient (Wildman–Crippen LogP) is 0.110. The second-order valence-corrected chi connectivity index (χ2v) is 4.85. The predicted molar refractivity (Wildman–Crippen MR) is 66.5 cm³/mol. The molecule has 0 saturated carbocycles. The van der Waals surface area contributed by atoms with E-state index in [1.165, 1.54) is 0 Å². The summed E-state index contributed by atoms with van der Waals surface area (Å²) in [5.41, 5.74) is 0. The Balaban J connectivity index is 2.64. The third kappa shape index (κ3) is 3.43. The molecule has 2 unspecified atom stereocenters. The molecule has 1 aliphatic heterocycles. The zero-order valence-corrected chi connectivity index (χ0v) is 11.1. The molecule has 5 heteroatoms. The highest BCUT2D eigenvalue weighted by atomic mass is 16.2. The van der Waals surface area contributed by atoms with Crippen LogP contribution >= 0.6 is 0 Å². The molecule has 0 aliphatic carbocycles. The van der Waals surface area contributed by atoms with Gasteiger partial charge in [0.1, 0.15) is 6.04 Å². The fourth-order valence-corrected chi connectivity index (χ4v) is 2.10. The fourth-order valence-electron chi connectivity index (χ4n) is 2.10. The van der Waals surface area contributed by atoms with Crippen LogP contribution < -0.4 is 10.6 Å². The molecule has 98 valence electrons. The van der Waals surface area contributed by atoms with Gasteiger partial charge in [-0.2, -0.15) is 0 Å². The first kappa shape index (κ1) is 14.0. The van der Waals surface area contributed by atoms with Gasteiger partial charge in [0.15, 0.2) is 0 Å². The van der Waals surface area contributed by atoms with Gasteiger partial charge in [0, 0.05) is 12.6 Å². The first-order valence-corrected chi connectivity index (χ1v) is 6.25. The molecule has 2 N–H and O–H groups in total. The summed E-state index contributed by atoms with van der Waals surface area (Å²) >= 11 is 0. The molecular formula is C12H23N3O2. The van der Waals surface area contributed by atoms with Crippen LogP contribution in [0.3, 0.4) is 0 Å². The lowest BCUT2D eigenvalue weighted by Crippen LogP contribution is -2.57. The Bertz CT molecular complexity index is 291. The number of nitrogens with one attached hydrogen (secondary N) is 2. The Morgan fingerprint density at radius 3 is 2.59 bits per heavy atom. The highest BCUT2D eigenvalue weighted by Crippen LogP contribution is 2.14. The van der Waals surface area contributed by atoms with Crippen molar-refractivity contribution in [1.29, 1.82) is 0 Å². The molecule has 0 spiro atoms. The van der Waals surface area contributed by atoms with Crippen LogP contribution in [-0.2, 0) is 9.59 Å². The second kappa shape index (κ2) is 6.00. The summed E-state index contributed by atoms with van der Waals surface area (Å²) in [6.07, 6.45) is 1.79. The van der Waals surface area contributed by atoms with Gasteiger partial charge in [-0.1, -0.05) is 0 Å². The van der Waals surface area contributed by atoms with Crippen LogP contribution in [0.25, 0.3) is 0 Å². The van der Waals surface area contributed by atoms with Crippen LogP contribution in [0.2, 0.25) is 0 Å². The Hall–Kier alpha value is -1.10. The van der Waals surface area contributed by atoms with Crippen molar-refractivity contribution >= 4 is 11.8 Å². The van der Waals surface area contributed by atoms with E-state index in [0.717, 1.165) is 12.8 Å². The monoisotopic (exact) mass is 241 g/mol. The molecule has 1 rings (SSSR count). The molecule has 1 fully saturated rings. The number of rotatable bonds is 4. The molecule has 0 aromatic rings.